The van der Waals surface area contributed by atoms with E-state index in [4.69, 9.17) is 16.6 Å². The van der Waals surface area contributed by atoms with Crippen LogP contribution in [0.4, 0.5) is 0 Å². The van der Waals surface area contributed by atoms with Gasteiger partial charge in [-0.1, -0.05) is 31.0 Å². The lowest BCUT2D eigenvalue weighted by molar-refractivity contribution is 0.172. The first-order chi connectivity index (χ1) is 9.94. The molecule has 0 aromatic rings. The van der Waals surface area contributed by atoms with Crippen LogP contribution in [0.25, 0.3) is 0 Å². The zero-order valence-corrected chi connectivity index (χ0v) is 14.1. The van der Waals surface area contributed by atoms with Crippen molar-refractivity contribution in [2.24, 2.45) is 16.3 Å². The summed E-state index contributed by atoms with van der Waals surface area (Å²) in [6.07, 6.45) is 5.73. The van der Waals surface area contributed by atoms with Crippen molar-refractivity contribution in [3.05, 3.63) is 33.5 Å². The predicted molar refractivity (Wildman–Crippen MR) is 88.6 cm³/mol. The van der Waals surface area contributed by atoms with Crippen LogP contribution in [0.1, 0.15) is 40.0 Å². The zero-order chi connectivity index (χ0) is 14.9. The molecule has 2 nitrogen and oxygen atoms in total. The number of fused-ring (bicyclic) bond motifs is 1. The third kappa shape index (κ3) is 1.57. The summed E-state index contributed by atoms with van der Waals surface area (Å²) in [5.41, 5.74) is 7.49. The highest BCUT2D eigenvalue weighted by molar-refractivity contribution is 6.30. The Bertz CT molecular complexity index is 652. The molecule has 21 heavy (non-hydrogen) atoms. The number of likely N-dealkylation sites (tertiary alicyclic amines) is 1. The first-order valence-electron chi connectivity index (χ1n) is 8.01. The molecule has 4 aliphatic rings. The second kappa shape index (κ2) is 4.25. The Hall–Kier alpha value is -1.02. The average Bonchev–Trinajstić information content (AvgIpc) is 2.77. The van der Waals surface area contributed by atoms with Crippen LogP contribution in [0.5, 0.6) is 0 Å². The Labute approximate surface area is 132 Å². The fourth-order valence-corrected chi connectivity index (χ4v) is 5.19. The maximum absolute atomic E-state index is 6.43. The van der Waals surface area contributed by atoms with Crippen LogP contribution in [0.3, 0.4) is 0 Å². The Morgan fingerprint density at radius 2 is 2.14 bits per heavy atom. The molecule has 3 heteroatoms. The molecule has 2 aliphatic heterocycles. The van der Waals surface area contributed by atoms with Gasteiger partial charge in [-0.2, -0.15) is 0 Å². The van der Waals surface area contributed by atoms with Crippen molar-refractivity contribution in [1.82, 2.24) is 4.90 Å². The topological polar surface area (TPSA) is 15.6 Å². The monoisotopic (exact) mass is 302 g/mol. The minimum atomic E-state index is 0.0794. The van der Waals surface area contributed by atoms with Crippen molar-refractivity contribution < 1.29 is 0 Å². The standard InChI is InChI=1S/C18H23ClN2/c1-10-17-8-14-13-7-12(19)9-20-11(2)18(10,3)15(13)5-6-16(14)21(17)4/h7,10,17H,5-6,8-9H2,1-4H3/b12-7+,20-11?. The molecule has 2 heterocycles. The lowest BCUT2D eigenvalue weighted by Crippen LogP contribution is -2.47. The Morgan fingerprint density at radius 1 is 1.38 bits per heavy atom. The Balaban J connectivity index is 2.07. The van der Waals surface area contributed by atoms with Crippen LogP contribution in [0.15, 0.2) is 38.5 Å². The summed E-state index contributed by atoms with van der Waals surface area (Å²) in [5, 5.41) is 0.873. The van der Waals surface area contributed by atoms with E-state index in [-0.39, 0.29) is 5.41 Å². The maximum Gasteiger partial charge on any atom is 0.0746 e. The number of halogens is 1. The van der Waals surface area contributed by atoms with Gasteiger partial charge in [0.15, 0.2) is 0 Å². The van der Waals surface area contributed by atoms with E-state index in [2.05, 4.69) is 38.8 Å². The first kappa shape index (κ1) is 13.6. The minimum Gasteiger partial charge on any atom is -0.374 e. The Morgan fingerprint density at radius 3 is 2.90 bits per heavy atom. The predicted octanol–water partition coefficient (Wildman–Crippen LogP) is 4.29. The first-order valence-corrected chi connectivity index (χ1v) is 8.38. The van der Waals surface area contributed by atoms with Gasteiger partial charge >= 0.3 is 0 Å². The van der Waals surface area contributed by atoms with Crippen molar-refractivity contribution in [2.75, 3.05) is 13.6 Å². The molecule has 0 saturated carbocycles. The van der Waals surface area contributed by atoms with E-state index in [1.807, 2.05) is 0 Å². The third-order valence-corrected chi connectivity index (χ3v) is 6.81. The summed E-state index contributed by atoms with van der Waals surface area (Å²) in [4.78, 5) is 7.37. The van der Waals surface area contributed by atoms with E-state index in [1.54, 1.807) is 16.8 Å². The van der Waals surface area contributed by atoms with Crippen molar-refractivity contribution in [3.8, 4) is 0 Å². The molecule has 112 valence electrons. The van der Waals surface area contributed by atoms with Gasteiger partial charge in [0.1, 0.15) is 0 Å². The van der Waals surface area contributed by atoms with Gasteiger partial charge in [-0.3, -0.25) is 4.99 Å². The van der Waals surface area contributed by atoms with Gasteiger partial charge < -0.3 is 4.90 Å². The van der Waals surface area contributed by atoms with Crippen molar-refractivity contribution >= 4 is 17.3 Å². The van der Waals surface area contributed by atoms with Crippen molar-refractivity contribution in [2.45, 2.75) is 46.1 Å². The summed E-state index contributed by atoms with van der Waals surface area (Å²) in [6, 6.07) is 0.600. The highest BCUT2D eigenvalue weighted by atomic mass is 35.5. The fourth-order valence-electron chi connectivity index (χ4n) is 5.02. The molecule has 0 radical (unpaired) electrons. The molecule has 4 rings (SSSR count). The Kier molecular flexibility index (Phi) is 2.76. The summed E-state index contributed by atoms with van der Waals surface area (Å²) >= 11 is 6.43. The van der Waals surface area contributed by atoms with Crippen LogP contribution in [-0.2, 0) is 0 Å². The molecule has 0 spiro atoms. The fraction of sp³-hybridized carbons (Fsp3) is 0.611. The summed E-state index contributed by atoms with van der Waals surface area (Å²) in [5.74, 6) is 0.580. The number of hydrogen-bond acceptors (Lipinski definition) is 2. The van der Waals surface area contributed by atoms with E-state index in [0.29, 0.717) is 18.5 Å². The number of aliphatic imine (C=N–C) groups is 1. The van der Waals surface area contributed by atoms with Crippen LogP contribution in [0.2, 0.25) is 0 Å². The molecule has 0 aromatic heterocycles. The van der Waals surface area contributed by atoms with Gasteiger partial charge in [0.05, 0.1) is 6.54 Å². The molecule has 0 aromatic carbocycles. The quantitative estimate of drug-likeness (QED) is 0.652. The van der Waals surface area contributed by atoms with Gasteiger partial charge in [0.25, 0.3) is 0 Å². The van der Waals surface area contributed by atoms with Gasteiger partial charge in [-0.25, -0.2) is 0 Å². The van der Waals surface area contributed by atoms with Crippen LogP contribution in [-0.4, -0.2) is 30.2 Å². The van der Waals surface area contributed by atoms with Gasteiger partial charge in [0.2, 0.25) is 0 Å². The lowest BCUT2D eigenvalue weighted by atomic mass is 9.63. The average molecular weight is 303 g/mol. The molecule has 3 unspecified atom stereocenters. The normalized spacial score (nSPS) is 40.7. The van der Waals surface area contributed by atoms with E-state index >= 15 is 0 Å². The second-order valence-electron chi connectivity index (χ2n) is 7.18. The van der Waals surface area contributed by atoms with Gasteiger partial charge in [-0.15, -0.1) is 0 Å². The highest BCUT2D eigenvalue weighted by Crippen LogP contribution is 2.57. The van der Waals surface area contributed by atoms with Crippen LogP contribution < -0.4 is 0 Å². The minimum absolute atomic E-state index is 0.0794. The molecular formula is C18H23ClN2. The van der Waals surface area contributed by atoms with E-state index in [0.717, 1.165) is 11.5 Å². The molecule has 3 atom stereocenters. The molecular weight excluding hydrogens is 280 g/mol. The molecule has 0 saturated heterocycles. The molecule has 0 amide bonds. The molecule has 0 N–H and O–H groups in total. The van der Waals surface area contributed by atoms with E-state index in [9.17, 15) is 0 Å². The molecule has 2 aliphatic carbocycles. The number of allylic oxidation sites excluding steroid dienone is 4. The second-order valence-corrected chi connectivity index (χ2v) is 7.67. The van der Waals surface area contributed by atoms with Crippen LogP contribution in [0, 0.1) is 11.3 Å². The van der Waals surface area contributed by atoms with E-state index in [1.165, 1.54) is 24.1 Å². The molecule has 5 bridgehead atoms. The largest absolute Gasteiger partial charge is 0.374 e. The van der Waals surface area contributed by atoms with Gasteiger partial charge in [0, 0.05) is 34.9 Å². The number of nitrogens with zero attached hydrogens (tertiary/aromatic N) is 2. The van der Waals surface area contributed by atoms with Crippen molar-refractivity contribution in [1.29, 1.82) is 0 Å². The number of hydrogen-bond donors (Lipinski definition) is 0. The smallest absolute Gasteiger partial charge is 0.0746 e. The highest BCUT2D eigenvalue weighted by Gasteiger charge is 2.51. The van der Waals surface area contributed by atoms with Gasteiger partial charge in [-0.05, 0) is 49.3 Å². The summed E-state index contributed by atoms with van der Waals surface area (Å²) < 4.78 is 0. The summed E-state index contributed by atoms with van der Waals surface area (Å²) in [6.45, 7) is 7.68. The maximum atomic E-state index is 6.43. The lowest BCUT2D eigenvalue weighted by Gasteiger charge is -2.47. The SMILES string of the molecule is CC1=NC/C(Cl)=C\C2=C3CCC4=C2CC(C(C)C13C)N4C. The molecule has 0 fully saturated rings. The van der Waals surface area contributed by atoms with Crippen LogP contribution >= 0.6 is 11.6 Å². The van der Waals surface area contributed by atoms with Crippen molar-refractivity contribution in [3.63, 3.8) is 0 Å². The van der Waals surface area contributed by atoms with E-state index < -0.39 is 0 Å². The number of rotatable bonds is 0. The summed E-state index contributed by atoms with van der Waals surface area (Å²) in [7, 11) is 2.28. The third-order valence-electron chi connectivity index (χ3n) is 6.58. The zero-order valence-electron chi connectivity index (χ0n) is 13.3.